The van der Waals surface area contributed by atoms with Gasteiger partial charge in [0.15, 0.2) is 0 Å². The van der Waals surface area contributed by atoms with E-state index in [9.17, 15) is 13.9 Å². The first-order valence-corrected chi connectivity index (χ1v) is 5.03. The zero-order valence-corrected chi connectivity index (χ0v) is 9.14. The molecule has 1 heterocycles. The fourth-order valence-electron chi connectivity index (χ4n) is 1.56. The van der Waals surface area contributed by atoms with E-state index in [2.05, 4.69) is 10.1 Å². The topological polar surface area (TPSA) is 50.9 Å². The van der Waals surface area contributed by atoms with Crippen molar-refractivity contribution in [2.75, 3.05) is 0 Å². The van der Waals surface area contributed by atoms with Crippen molar-refractivity contribution in [3.63, 3.8) is 0 Å². The molecule has 1 atom stereocenters. The van der Waals surface area contributed by atoms with Crippen molar-refractivity contribution in [1.29, 1.82) is 0 Å². The van der Waals surface area contributed by atoms with Gasteiger partial charge < -0.3 is 5.11 Å². The molecule has 6 heteroatoms. The van der Waals surface area contributed by atoms with E-state index in [0.717, 1.165) is 18.2 Å². The lowest BCUT2D eigenvalue weighted by atomic mass is 10.1. The van der Waals surface area contributed by atoms with Crippen LogP contribution in [0.3, 0.4) is 0 Å². The van der Waals surface area contributed by atoms with Gasteiger partial charge in [0, 0.05) is 19.5 Å². The van der Waals surface area contributed by atoms with E-state index >= 15 is 0 Å². The second-order valence-electron chi connectivity index (χ2n) is 3.72. The number of halogens is 2. The lowest BCUT2D eigenvalue weighted by Crippen LogP contribution is -2.08. The van der Waals surface area contributed by atoms with Gasteiger partial charge in [0.1, 0.15) is 23.8 Å². The molecule has 1 unspecified atom stereocenters. The number of hydrogen-bond acceptors (Lipinski definition) is 3. The van der Waals surface area contributed by atoms with Crippen LogP contribution in [0.2, 0.25) is 0 Å². The molecular formula is C11H11F2N3O. The van der Waals surface area contributed by atoms with Crippen LogP contribution < -0.4 is 0 Å². The molecule has 1 N–H and O–H groups in total. The normalized spacial score (nSPS) is 12.7. The maximum Gasteiger partial charge on any atom is 0.138 e. The van der Waals surface area contributed by atoms with E-state index in [1.54, 1.807) is 7.05 Å². The van der Waals surface area contributed by atoms with Gasteiger partial charge in [0.05, 0.1) is 6.10 Å². The molecule has 17 heavy (non-hydrogen) atoms. The minimum absolute atomic E-state index is 0.152. The van der Waals surface area contributed by atoms with Gasteiger partial charge in [0.25, 0.3) is 0 Å². The van der Waals surface area contributed by atoms with Crippen molar-refractivity contribution in [1.82, 2.24) is 14.8 Å². The Labute approximate surface area is 96.5 Å². The molecule has 0 bridgehead atoms. The molecule has 1 aromatic heterocycles. The van der Waals surface area contributed by atoms with Crippen molar-refractivity contribution < 1.29 is 13.9 Å². The molecular weight excluding hydrogens is 228 g/mol. The van der Waals surface area contributed by atoms with E-state index < -0.39 is 17.7 Å². The maximum atomic E-state index is 13.0. The summed E-state index contributed by atoms with van der Waals surface area (Å²) >= 11 is 0. The maximum absolute atomic E-state index is 13.0. The predicted molar refractivity (Wildman–Crippen MR) is 56.0 cm³/mol. The minimum Gasteiger partial charge on any atom is -0.388 e. The van der Waals surface area contributed by atoms with Crippen molar-refractivity contribution >= 4 is 0 Å². The van der Waals surface area contributed by atoms with E-state index in [4.69, 9.17) is 0 Å². The molecule has 2 rings (SSSR count). The van der Waals surface area contributed by atoms with Gasteiger partial charge in [-0.2, -0.15) is 5.10 Å². The van der Waals surface area contributed by atoms with Crippen LogP contribution in [0.25, 0.3) is 0 Å². The van der Waals surface area contributed by atoms with Crippen molar-refractivity contribution in [3.05, 3.63) is 47.5 Å². The molecule has 0 saturated carbocycles. The molecule has 0 aliphatic heterocycles. The molecule has 0 saturated heterocycles. The van der Waals surface area contributed by atoms with Gasteiger partial charge in [-0.15, -0.1) is 0 Å². The van der Waals surface area contributed by atoms with Crippen molar-refractivity contribution in [3.8, 4) is 0 Å². The molecule has 2 aromatic rings. The highest BCUT2D eigenvalue weighted by atomic mass is 19.1. The van der Waals surface area contributed by atoms with E-state index in [0.29, 0.717) is 5.82 Å². The summed E-state index contributed by atoms with van der Waals surface area (Å²) in [4.78, 5) is 3.93. The zero-order chi connectivity index (χ0) is 12.4. The molecule has 0 radical (unpaired) electrons. The highest BCUT2D eigenvalue weighted by Gasteiger charge is 2.14. The Morgan fingerprint density at radius 1 is 1.29 bits per heavy atom. The lowest BCUT2D eigenvalue weighted by Gasteiger charge is -2.10. The number of nitrogens with zero attached hydrogens (tertiary/aromatic N) is 3. The summed E-state index contributed by atoms with van der Waals surface area (Å²) in [6.45, 7) is 0. The number of aryl methyl sites for hydroxylation is 1. The van der Waals surface area contributed by atoms with Gasteiger partial charge >= 0.3 is 0 Å². The van der Waals surface area contributed by atoms with Crippen LogP contribution in [-0.2, 0) is 13.5 Å². The Morgan fingerprint density at radius 3 is 2.47 bits per heavy atom. The van der Waals surface area contributed by atoms with Crippen LogP contribution in [0, 0.1) is 11.6 Å². The van der Waals surface area contributed by atoms with E-state index in [1.807, 2.05) is 0 Å². The average Bonchev–Trinajstić information content (AvgIpc) is 2.63. The standard InChI is InChI=1S/C11H11F2N3O/c1-16-11(14-6-15-16)5-10(17)7-2-8(12)4-9(13)3-7/h2-4,6,10,17H,5H2,1H3. The average molecular weight is 239 g/mol. The summed E-state index contributed by atoms with van der Waals surface area (Å²) in [5.74, 6) is -0.879. The zero-order valence-electron chi connectivity index (χ0n) is 9.14. The molecule has 1 aromatic carbocycles. The van der Waals surface area contributed by atoms with Gasteiger partial charge in [-0.25, -0.2) is 13.8 Å². The fraction of sp³-hybridized carbons (Fsp3) is 0.273. The summed E-state index contributed by atoms with van der Waals surface area (Å²) in [5, 5.41) is 13.7. The van der Waals surface area contributed by atoms with Crippen molar-refractivity contribution in [2.45, 2.75) is 12.5 Å². The number of hydrogen-bond donors (Lipinski definition) is 1. The van der Waals surface area contributed by atoms with Crippen LogP contribution in [0.15, 0.2) is 24.5 Å². The monoisotopic (exact) mass is 239 g/mol. The highest BCUT2D eigenvalue weighted by molar-refractivity contribution is 5.20. The third-order valence-electron chi connectivity index (χ3n) is 2.45. The minimum atomic E-state index is -1.01. The highest BCUT2D eigenvalue weighted by Crippen LogP contribution is 2.19. The number of rotatable bonds is 3. The Morgan fingerprint density at radius 2 is 1.94 bits per heavy atom. The van der Waals surface area contributed by atoms with Gasteiger partial charge in [-0.3, -0.25) is 4.68 Å². The molecule has 0 fully saturated rings. The van der Waals surface area contributed by atoms with Crippen LogP contribution in [-0.4, -0.2) is 19.9 Å². The summed E-state index contributed by atoms with van der Waals surface area (Å²) in [5.41, 5.74) is 0.186. The van der Waals surface area contributed by atoms with Crippen molar-refractivity contribution in [2.24, 2.45) is 7.05 Å². The Hall–Kier alpha value is -1.82. The Bertz CT molecular complexity index is 507. The predicted octanol–water partition coefficient (Wildman–Crippen LogP) is 1.37. The number of aromatic nitrogens is 3. The summed E-state index contributed by atoms with van der Waals surface area (Å²) in [6.07, 6.45) is 0.497. The summed E-state index contributed by atoms with van der Waals surface area (Å²) in [6, 6.07) is 2.97. The third kappa shape index (κ3) is 2.65. The quantitative estimate of drug-likeness (QED) is 0.880. The van der Waals surface area contributed by atoms with Crippen LogP contribution in [0.5, 0.6) is 0 Å². The SMILES string of the molecule is Cn1ncnc1CC(O)c1cc(F)cc(F)c1. The van der Waals surface area contributed by atoms with Gasteiger partial charge in [-0.1, -0.05) is 0 Å². The molecule has 0 aliphatic rings. The number of benzene rings is 1. The first kappa shape index (κ1) is 11.7. The summed E-state index contributed by atoms with van der Waals surface area (Å²) in [7, 11) is 1.68. The first-order valence-electron chi connectivity index (χ1n) is 5.03. The van der Waals surface area contributed by atoms with Crippen LogP contribution in [0.4, 0.5) is 8.78 Å². The Kier molecular flexibility index (Phi) is 3.14. The second kappa shape index (κ2) is 4.58. The number of aliphatic hydroxyl groups is 1. The third-order valence-corrected chi connectivity index (χ3v) is 2.45. The summed E-state index contributed by atoms with van der Waals surface area (Å²) < 4.78 is 27.4. The van der Waals surface area contributed by atoms with E-state index in [-0.39, 0.29) is 12.0 Å². The molecule has 0 aliphatic carbocycles. The van der Waals surface area contributed by atoms with Crippen LogP contribution in [0.1, 0.15) is 17.5 Å². The molecule has 0 amide bonds. The van der Waals surface area contributed by atoms with Crippen LogP contribution >= 0.6 is 0 Å². The molecule has 4 nitrogen and oxygen atoms in total. The number of aliphatic hydroxyl groups excluding tert-OH is 1. The van der Waals surface area contributed by atoms with Gasteiger partial charge in [-0.05, 0) is 17.7 Å². The smallest absolute Gasteiger partial charge is 0.138 e. The van der Waals surface area contributed by atoms with E-state index in [1.165, 1.54) is 11.0 Å². The van der Waals surface area contributed by atoms with Gasteiger partial charge in [0.2, 0.25) is 0 Å². The molecule has 0 spiro atoms. The second-order valence-corrected chi connectivity index (χ2v) is 3.72. The lowest BCUT2D eigenvalue weighted by molar-refractivity contribution is 0.173. The largest absolute Gasteiger partial charge is 0.388 e. The molecule has 90 valence electrons. The first-order chi connectivity index (χ1) is 8.06. The Balaban J connectivity index is 2.20. The fourth-order valence-corrected chi connectivity index (χ4v) is 1.56.